The van der Waals surface area contributed by atoms with Crippen molar-refractivity contribution < 1.29 is 5.11 Å². The molecule has 1 fully saturated rings. The quantitative estimate of drug-likeness (QED) is 0.503. The third kappa shape index (κ3) is 3.32. The lowest BCUT2D eigenvalue weighted by Gasteiger charge is -2.31. The van der Waals surface area contributed by atoms with Gasteiger partial charge in [0, 0.05) is 19.6 Å². The zero-order chi connectivity index (χ0) is 9.68. The molecule has 0 unspecified atom stereocenters. The summed E-state index contributed by atoms with van der Waals surface area (Å²) in [5.41, 5.74) is 0. The summed E-state index contributed by atoms with van der Waals surface area (Å²) < 4.78 is 0. The van der Waals surface area contributed by atoms with Crippen molar-refractivity contribution in [1.82, 2.24) is 10.2 Å². The second-order valence-corrected chi connectivity index (χ2v) is 3.58. The molecule has 0 aromatic heterocycles. The second kappa shape index (κ2) is 5.19. The number of hydrogen-bond donors (Lipinski definition) is 2. The van der Waals surface area contributed by atoms with Gasteiger partial charge in [-0.15, -0.1) is 6.58 Å². The van der Waals surface area contributed by atoms with Gasteiger partial charge in [0.05, 0.1) is 6.10 Å². The molecule has 2 N–H and O–H groups in total. The number of aliphatic hydroxyl groups is 1. The van der Waals surface area contributed by atoms with Gasteiger partial charge in [-0.3, -0.25) is 0 Å². The first-order valence-electron chi connectivity index (χ1n) is 4.55. The maximum atomic E-state index is 9.28. The van der Waals surface area contributed by atoms with Gasteiger partial charge >= 0.3 is 0 Å². The molecule has 0 atom stereocenters. The highest BCUT2D eigenvalue weighted by atomic mass is 32.1. The first-order valence-corrected chi connectivity index (χ1v) is 4.96. The summed E-state index contributed by atoms with van der Waals surface area (Å²) in [7, 11) is 0. The van der Waals surface area contributed by atoms with Crippen LogP contribution in [-0.2, 0) is 0 Å². The van der Waals surface area contributed by atoms with Crippen LogP contribution < -0.4 is 5.32 Å². The number of rotatable bonds is 2. The van der Waals surface area contributed by atoms with E-state index in [4.69, 9.17) is 12.2 Å². The van der Waals surface area contributed by atoms with Gasteiger partial charge < -0.3 is 15.3 Å². The lowest BCUT2D eigenvalue weighted by Crippen LogP contribution is -2.45. The Morgan fingerprint density at radius 2 is 2.23 bits per heavy atom. The smallest absolute Gasteiger partial charge is 0.169 e. The van der Waals surface area contributed by atoms with Gasteiger partial charge in [0.2, 0.25) is 0 Å². The summed E-state index contributed by atoms with van der Waals surface area (Å²) in [6, 6.07) is 0. The minimum absolute atomic E-state index is 0.140. The Kier molecular flexibility index (Phi) is 4.18. The normalized spacial score (nSPS) is 18.4. The van der Waals surface area contributed by atoms with Crippen LogP contribution in [-0.4, -0.2) is 40.9 Å². The van der Waals surface area contributed by atoms with E-state index in [1.807, 2.05) is 0 Å². The SMILES string of the molecule is C=CCNC(=S)N1CCC(O)CC1. The molecule has 1 rings (SSSR count). The molecule has 3 nitrogen and oxygen atoms in total. The lowest BCUT2D eigenvalue weighted by molar-refractivity contribution is 0.109. The highest BCUT2D eigenvalue weighted by Crippen LogP contribution is 2.09. The molecule has 0 saturated carbocycles. The van der Waals surface area contributed by atoms with E-state index in [0.29, 0.717) is 6.54 Å². The monoisotopic (exact) mass is 200 g/mol. The molecule has 1 heterocycles. The summed E-state index contributed by atoms with van der Waals surface area (Å²) in [6.45, 7) is 6.02. The van der Waals surface area contributed by atoms with Crippen LogP contribution in [0.15, 0.2) is 12.7 Å². The van der Waals surface area contributed by atoms with Crippen LogP contribution >= 0.6 is 12.2 Å². The van der Waals surface area contributed by atoms with E-state index in [0.717, 1.165) is 31.0 Å². The number of likely N-dealkylation sites (tertiary alicyclic amines) is 1. The maximum absolute atomic E-state index is 9.28. The molecule has 0 bridgehead atoms. The average molecular weight is 200 g/mol. The number of nitrogens with one attached hydrogen (secondary N) is 1. The summed E-state index contributed by atoms with van der Waals surface area (Å²) >= 11 is 5.16. The van der Waals surface area contributed by atoms with Crippen LogP contribution in [0.1, 0.15) is 12.8 Å². The van der Waals surface area contributed by atoms with E-state index in [-0.39, 0.29) is 6.10 Å². The molecule has 1 aliphatic heterocycles. The minimum Gasteiger partial charge on any atom is -0.393 e. The van der Waals surface area contributed by atoms with Crippen molar-refractivity contribution in [3.63, 3.8) is 0 Å². The Morgan fingerprint density at radius 3 is 2.77 bits per heavy atom. The molecule has 1 aliphatic rings. The molecular weight excluding hydrogens is 184 g/mol. The first kappa shape index (κ1) is 10.5. The Morgan fingerprint density at radius 1 is 1.62 bits per heavy atom. The van der Waals surface area contributed by atoms with Gasteiger partial charge in [0.1, 0.15) is 0 Å². The number of thiocarbonyl (C=S) groups is 1. The Bertz CT molecular complexity index is 188. The molecule has 0 aliphatic carbocycles. The van der Waals surface area contributed by atoms with Crippen LogP contribution in [0.2, 0.25) is 0 Å². The van der Waals surface area contributed by atoms with Crippen molar-refractivity contribution in [3.05, 3.63) is 12.7 Å². The van der Waals surface area contributed by atoms with Crippen LogP contribution in [0.25, 0.3) is 0 Å². The Hall–Kier alpha value is -0.610. The van der Waals surface area contributed by atoms with E-state index in [9.17, 15) is 5.11 Å². The average Bonchev–Trinajstić information content (AvgIpc) is 2.15. The van der Waals surface area contributed by atoms with Crippen LogP contribution in [0.3, 0.4) is 0 Å². The number of nitrogens with zero attached hydrogens (tertiary/aromatic N) is 1. The predicted octanol–water partition coefficient (Wildman–Crippen LogP) is 0.504. The Balaban J connectivity index is 2.27. The third-order valence-electron chi connectivity index (χ3n) is 2.15. The molecule has 0 radical (unpaired) electrons. The fraction of sp³-hybridized carbons (Fsp3) is 0.667. The van der Waals surface area contributed by atoms with Gasteiger partial charge in [-0.1, -0.05) is 6.08 Å². The predicted molar refractivity (Wildman–Crippen MR) is 57.6 cm³/mol. The van der Waals surface area contributed by atoms with Crippen LogP contribution in [0.4, 0.5) is 0 Å². The number of aliphatic hydroxyl groups excluding tert-OH is 1. The van der Waals surface area contributed by atoms with Gasteiger partial charge in [-0.2, -0.15) is 0 Å². The molecule has 4 heteroatoms. The highest BCUT2D eigenvalue weighted by Gasteiger charge is 2.18. The van der Waals surface area contributed by atoms with Crippen molar-refractivity contribution in [1.29, 1.82) is 0 Å². The number of piperidine rings is 1. The van der Waals surface area contributed by atoms with Crippen molar-refractivity contribution in [2.45, 2.75) is 18.9 Å². The van der Waals surface area contributed by atoms with Gasteiger partial charge in [-0.25, -0.2) is 0 Å². The molecule has 0 amide bonds. The third-order valence-corrected chi connectivity index (χ3v) is 2.55. The largest absolute Gasteiger partial charge is 0.393 e. The van der Waals surface area contributed by atoms with Gasteiger partial charge in [0.25, 0.3) is 0 Å². The molecule has 13 heavy (non-hydrogen) atoms. The van der Waals surface area contributed by atoms with E-state index >= 15 is 0 Å². The standard InChI is InChI=1S/C9H16N2OS/c1-2-5-10-9(13)11-6-3-8(12)4-7-11/h2,8,12H,1,3-7H2,(H,10,13). The topological polar surface area (TPSA) is 35.5 Å². The summed E-state index contributed by atoms with van der Waals surface area (Å²) in [5.74, 6) is 0. The summed E-state index contributed by atoms with van der Waals surface area (Å²) in [4.78, 5) is 2.09. The molecule has 1 saturated heterocycles. The highest BCUT2D eigenvalue weighted by molar-refractivity contribution is 7.80. The zero-order valence-corrected chi connectivity index (χ0v) is 8.52. The fourth-order valence-electron chi connectivity index (χ4n) is 1.34. The Labute approximate surface area is 84.4 Å². The molecular formula is C9H16N2OS. The minimum atomic E-state index is -0.140. The molecule has 0 aromatic carbocycles. The van der Waals surface area contributed by atoms with Crippen molar-refractivity contribution in [2.75, 3.05) is 19.6 Å². The molecule has 0 aromatic rings. The first-order chi connectivity index (χ1) is 6.24. The zero-order valence-electron chi connectivity index (χ0n) is 7.70. The second-order valence-electron chi connectivity index (χ2n) is 3.19. The fourth-order valence-corrected chi connectivity index (χ4v) is 1.61. The molecule has 74 valence electrons. The van der Waals surface area contributed by atoms with Crippen molar-refractivity contribution in [2.24, 2.45) is 0 Å². The van der Waals surface area contributed by atoms with Crippen LogP contribution in [0, 0.1) is 0 Å². The summed E-state index contributed by atoms with van der Waals surface area (Å²) in [6.07, 6.45) is 3.27. The van der Waals surface area contributed by atoms with E-state index in [2.05, 4.69) is 16.8 Å². The van der Waals surface area contributed by atoms with E-state index in [1.54, 1.807) is 6.08 Å². The lowest BCUT2D eigenvalue weighted by atomic mass is 10.1. The summed E-state index contributed by atoms with van der Waals surface area (Å²) in [5, 5.41) is 13.1. The van der Waals surface area contributed by atoms with E-state index < -0.39 is 0 Å². The maximum Gasteiger partial charge on any atom is 0.169 e. The molecule has 0 spiro atoms. The number of hydrogen-bond acceptors (Lipinski definition) is 2. The van der Waals surface area contributed by atoms with Crippen molar-refractivity contribution in [3.8, 4) is 0 Å². The van der Waals surface area contributed by atoms with Gasteiger partial charge in [-0.05, 0) is 25.1 Å². The van der Waals surface area contributed by atoms with E-state index in [1.165, 1.54) is 0 Å². The van der Waals surface area contributed by atoms with Gasteiger partial charge in [0.15, 0.2) is 5.11 Å². The van der Waals surface area contributed by atoms with Crippen molar-refractivity contribution >= 4 is 17.3 Å². The van der Waals surface area contributed by atoms with Crippen LogP contribution in [0.5, 0.6) is 0 Å².